The highest BCUT2D eigenvalue weighted by molar-refractivity contribution is 6.30. The fourth-order valence-corrected chi connectivity index (χ4v) is 2.77. The van der Waals surface area contributed by atoms with E-state index >= 15 is 0 Å². The van der Waals surface area contributed by atoms with Crippen LogP contribution >= 0.6 is 11.6 Å². The molecule has 138 valence electrons. The molecule has 25 heavy (non-hydrogen) atoms. The number of nitrogens with two attached hydrogens (primary N) is 1. The van der Waals surface area contributed by atoms with Crippen molar-refractivity contribution < 1.29 is 32.3 Å². The van der Waals surface area contributed by atoms with Crippen molar-refractivity contribution in [1.29, 1.82) is 0 Å². The van der Waals surface area contributed by atoms with Gasteiger partial charge in [-0.1, -0.05) is 29.8 Å². The largest absolute Gasteiger partial charge is 1.00 e. The van der Waals surface area contributed by atoms with Crippen molar-refractivity contribution in [3.05, 3.63) is 58.6 Å². The maximum absolute atomic E-state index is 10.4. The highest BCUT2D eigenvalue weighted by Crippen LogP contribution is 2.27. The van der Waals surface area contributed by atoms with Gasteiger partial charge in [-0.25, -0.2) is 0 Å². The molecule has 0 spiro atoms. The monoisotopic (exact) mass is 385 g/mol. The summed E-state index contributed by atoms with van der Waals surface area (Å²) in [5, 5.41) is 13.2. The van der Waals surface area contributed by atoms with E-state index in [2.05, 4.69) is 5.32 Å². The molecule has 2 aromatic rings. The van der Waals surface area contributed by atoms with Gasteiger partial charge in [0, 0.05) is 11.4 Å². The fourth-order valence-electron chi connectivity index (χ4n) is 2.64. The van der Waals surface area contributed by atoms with E-state index < -0.39 is 6.10 Å². The van der Waals surface area contributed by atoms with Gasteiger partial charge in [0.1, 0.15) is 12.1 Å². The summed E-state index contributed by atoms with van der Waals surface area (Å²) in [6, 6.07) is 13.3. The Morgan fingerprint density at radius 3 is 2.28 bits per heavy atom. The van der Waals surface area contributed by atoms with Crippen LogP contribution in [0.25, 0.3) is 0 Å². The summed E-state index contributed by atoms with van der Waals surface area (Å²) in [5.74, 6) is 1.47. The molecular formula is C19H25Cl2NO3. The van der Waals surface area contributed by atoms with Crippen LogP contribution in [0.1, 0.15) is 24.2 Å². The van der Waals surface area contributed by atoms with E-state index in [1.807, 2.05) is 37.3 Å². The van der Waals surface area contributed by atoms with Gasteiger partial charge in [0.15, 0.2) is 11.5 Å². The van der Waals surface area contributed by atoms with Crippen molar-refractivity contribution in [2.45, 2.75) is 25.5 Å². The lowest BCUT2D eigenvalue weighted by atomic mass is 10.0. The van der Waals surface area contributed by atoms with E-state index in [1.165, 1.54) is 5.56 Å². The van der Waals surface area contributed by atoms with Crippen molar-refractivity contribution in [2.24, 2.45) is 0 Å². The van der Waals surface area contributed by atoms with E-state index in [0.717, 1.165) is 30.0 Å². The molecule has 0 amide bonds. The Balaban J connectivity index is 0.00000312. The molecule has 0 aliphatic rings. The van der Waals surface area contributed by atoms with Crippen LogP contribution in [0.5, 0.6) is 11.5 Å². The van der Waals surface area contributed by atoms with Crippen LogP contribution in [0, 0.1) is 0 Å². The van der Waals surface area contributed by atoms with Gasteiger partial charge in [0.05, 0.1) is 20.8 Å². The Morgan fingerprint density at radius 1 is 1.04 bits per heavy atom. The summed E-state index contributed by atoms with van der Waals surface area (Å²) < 4.78 is 10.6. The normalized spacial score (nSPS) is 12.8. The molecule has 0 aliphatic heterocycles. The zero-order valence-corrected chi connectivity index (χ0v) is 16.2. The van der Waals surface area contributed by atoms with E-state index in [0.29, 0.717) is 5.02 Å². The Hall–Kier alpha value is -1.46. The first-order valence-corrected chi connectivity index (χ1v) is 8.40. The topological polar surface area (TPSA) is 55.3 Å². The molecule has 2 atom stereocenters. The van der Waals surface area contributed by atoms with E-state index in [-0.39, 0.29) is 18.4 Å². The maximum Gasteiger partial charge on any atom is 0.160 e. The van der Waals surface area contributed by atoms with Crippen LogP contribution in [0.15, 0.2) is 42.5 Å². The molecule has 0 saturated heterocycles. The summed E-state index contributed by atoms with van der Waals surface area (Å²) in [5.41, 5.74) is 2.06. The van der Waals surface area contributed by atoms with Crippen molar-refractivity contribution in [1.82, 2.24) is 0 Å². The lowest BCUT2D eigenvalue weighted by Gasteiger charge is -2.18. The number of methoxy groups -OCH3 is 2. The minimum Gasteiger partial charge on any atom is -1.00 e. The quantitative estimate of drug-likeness (QED) is 0.649. The lowest BCUT2D eigenvalue weighted by Crippen LogP contribution is -3.00. The Morgan fingerprint density at radius 2 is 1.68 bits per heavy atom. The average Bonchev–Trinajstić information content (AvgIpc) is 2.61. The SMILES string of the molecule is COc1ccc(CC[NH2+]C(C)C(O)c2ccc(Cl)cc2)cc1OC.[Cl-]. The molecule has 0 aromatic heterocycles. The molecular weight excluding hydrogens is 361 g/mol. The molecule has 0 radical (unpaired) electrons. The zero-order valence-electron chi connectivity index (χ0n) is 14.7. The van der Waals surface area contributed by atoms with E-state index in [9.17, 15) is 5.11 Å². The molecule has 0 fully saturated rings. The summed E-state index contributed by atoms with van der Waals surface area (Å²) in [4.78, 5) is 0. The predicted octanol–water partition coefficient (Wildman–Crippen LogP) is -0.411. The highest BCUT2D eigenvalue weighted by atomic mass is 35.5. The van der Waals surface area contributed by atoms with Crippen LogP contribution in [0.3, 0.4) is 0 Å². The standard InChI is InChI=1S/C19H24ClNO3.ClH/c1-13(19(22)15-5-7-16(20)8-6-15)21-11-10-14-4-9-17(23-2)18(12-14)24-3;/h4-9,12-13,19,21-22H,10-11H2,1-3H3;1H. The predicted molar refractivity (Wildman–Crippen MR) is 95.9 cm³/mol. The number of quaternary nitrogens is 1. The van der Waals surface area contributed by atoms with Gasteiger partial charge < -0.3 is 32.3 Å². The fraction of sp³-hybridized carbons (Fsp3) is 0.368. The number of halogens is 2. The smallest absolute Gasteiger partial charge is 0.160 e. The number of hydrogen-bond acceptors (Lipinski definition) is 3. The van der Waals surface area contributed by atoms with Crippen LogP contribution in [-0.2, 0) is 6.42 Å². The molecule has 2 aromatic carbocycles. The minimum absolute atomic E-state index is 0. The third-order valence-corrected chi connectivity index (χ3v) is 4.38. The van der Waals surface area contributed by atoms with Crippen LogP contribution in [0.4, 0.5) is 0 Å². The first-order valence-electron chi connectivity index (χ1n) is 8.03. The number of rotatable bonds is 8. The Bertz CT molecular complexity index is 650. The minimum atomic E-state index is -0.521. The van der Waals surface area contributed by atoms with Gasteiger partial charge in [-0.15, -0.1) is 0 Å². The van der Waals surface area contributed by atoms with Gasteiger partial charge in [-0.05, 0) is 42.3 Å². The number of benzene rings is 2. The molecule has 0 saturated carbocycles. The molecule has 2 rings (SSSR count). The van der Waals surface area contributed by atoms with Gasteiger partial charge in [-0.2, -0.15) is 0 Å². The van der Waals surface area contributed by atoms with Crippen LogP contribution in [-0.4, -0.2) is 31.9 Å². The van der Waals surface area contributed by atoms with Crippen LogP contribution in [0.2, 0.25) is 5.02 Å². The summed E-state index contributed by atoms with van der Waals surface area (Å²) in [6.07, 6.45) is 0.366. The second-order valence-corrected chi connectivity index (χ2v) is 6.26. The first kappa shape index (κ1) is 21.6. The van der Waals surface area contributed by atoms with Gasteiger partial charge in [-0.3, -0.25) is 0 Å². The molecule has 4 nitrogen and oxygen atoms in total. The highest BCUT2D eigenvalue weighted by Gasteiger charge is 2.19. The summed E-state index contributed by atoms with van der Waals surface area (Å²) in [6.45, 7) is 2.90. The number of aliphatic hydroxyl groups is 1. The third-order valence-electron chi connectivity index (χ3n) is 4.13. The van der Waals surface area contributed by atoms with E-state index in [4.69, 9.17) is 21.1 Å². The Labute approximate surface area is 160 Å². The van der Waals surface area contributed by atoms with Gasteiger partial charge >= 0.3 is 0 Å². The maximum atomic E-state index is 10.4. The van der Waals surface area contributed by atoms with Crippen molar-refractivity contribution in [2.75, 3.05) is 20.8 Å². The van der Waals surface area contributed by atoms with Gasteiger partial charge in [0.25, 0.3) is 0 Å². The number of ether oxygens (including phenoxy) is 2. The van der Waals surface area contributed by atoms with E-state index in [1.54, 1.807) is 26.4 Å². The van der Waals surface area contributed by atoms with Gasteiger partial charge in [0.2, 0.25) is 0 Å². The molecule has 0 bridgehead atoms. The zero-order chi connectivity index (χ0) is 17.5. The molecule has 2 unspecified atom stereocenters. The number of aliphatic hydroxyl groups excluding tert-OH is 1. The number of hydrogen-bond donors (Lipinski definition) is 2. The second-order valence-electron chi connectivity index (χ2n) is 5.82. The molecule has 0 aliphatic carbocycles. The van der Waals surface area contributed by atoms with Crippen molar-refractivity contribution in [3.8, 4) is 11.5 Å². The average molecular weight is 386 g/mol. The summed E-state index contributed by atoms with van der Waals surface area (Å²) >= 11 is 5.89. The Kier molecular flexibility index (Phi) is 9.08. The van der Waals surface area contributed by atoms with Crippen molar-refractivity contribution in [3.63, 3.8) is 0 Å². The molecule has 3 N–H and O–H groups in total. The first-order chi connectivity index (χ1) is 11.5. The summed E-state index contributed by atoms with van der Waals surface area (Å²) in [7, 11) is 3.27. The second kappa shape index (κ2) is 10.5. The third kappa shape index (κ3) is 6.08. The lowest BCUT2D eigenvalue weighted by molar-refractivity contribution is -0.694. The molecule has 6 heteroatoms. The van der Waals surface area contributed by atoms with Crippen LogP contribution < -0.4 is 27.2 Å². The molecule has 0 heterocycles. The van der Waals surface area contributed by atoms with Crippen molar-refractivity contribution >= 4 is 11.6 Å².